The van der Waals surface area contributed by atoms with Crippen LogP contribution in [0.15, 0.2) is 0 Å². The molecule has 0 N–H and O–H groups in total. The maximum absolute atomic E-state index is 9.67. The van der Waals surface area contributed by atoms with Crippen molar-refractivity contribution in [2.45, 2.75) is 73.3 Å². The molecule has 0 aromatic rings. The molecule has 0 spiro atoms. The van der Waals surface area contributed by atoms with Gasteiger partial charge < -0.3 is 4.74 Å². The largest absolute Gasteiger partial charge is 0.762 e. The molecule has 0 saturated heterocycles. The molecule has 0 amide bonds. The van der Waals surface area contributed by atoms with Gasteiger partial charge in [0.2, 0.25) is 0 Å². The number of carbonyl (C=O) groups is 1. The van der Waals surface area contributed by atoms with E-state index in [0.717, 1.165) is 0 Å². The molecule has 0 bridgehead atoms. The van der Waals surface area contributed by atoms with Crippen LogP contribution in [0, 0.1) is 0 Å². The molecule has 6 heteroatoms. The minimum Gasteiger partial charge on any atom is -0.462 e. The summed E-state index contributed by atoms with van der Waals surface area (Å²) in [5.41, 5.74) is -0.318. The van der Waals surface area contributed by atoms with Gasteiger partial charge in [-0.1, -0.05) is 47.0 Å². The molecule has 0 radical (unpaired) electrons. The molecule has 18 heavy (non-hydrogen) atoms. The topological polar surface area (TPSA) is 26.3 Å². The van der Waals surface area contributed by atoms with Crippen LogP contribution >= 0.6 is 0 Å². The number of hydrogen-bond acceptors (Lipinski definition) is 2. The van der Waals surface area contributed by atoms with Gasteiger partial charge in [0.1, 0.15) is 5.60 Å². The van der Waals surface area contributed by atoms with Crippen molar-refractivity contribution < 1.29 is 22.5 Å². The lowest BCUT2D eigenvalue weighted by atomic mass is 10.2. The third-order valence-corrected chi connectivity index (χ3v) is 0.755. The zero-order valence-electron chi connectivity index (χ0n) is 12.7. The van der Waals surface area contributed by atoms with Crippen molar-refractivity contribution in [3.8, 4) is 0 Å². The van der Waals surface area contributed by atoms with E-state index < -0.39 is 7.54 Å². The van der Waals surface area contributed by atoms with Crippen LogP contribution in [-0.4, -0.2) is 19.6 Å². The Hall–Kier alpha value is -0.675. The number of hydrogen-bond donors (Lipinski definition) is 0. The monoisotopic (exact) mass is 272 g/mol. The van der Waals surface area contributed by atoms with Gasteiger partial charge in [0.25, 0.3) is 6.47 Å². The minimum atomic E-state index is -3.67. The molecule has 1 rings (SSSR count). The second kappa shape index (κ2) is 21.6. The van der Waals surface area contributed by atoms with Crippen LogP contribution in [0.1, 0.15) is 67.7 Å². The van der Waals surface area contributed by atoms with Crippen molar-refractivity contribution in [3.05, 3.63) is 0 Å². The van der Waals surface area contributed by atoms with E-state index in [2.05, 4.69) is 4.74 Å². The molecule has 0 unspecified atom stereocenters. The molecule has 2 nitrogen and oxygen atoms in total. The Balaban J connectivity index is -0.0000000759. The van der Waals surface area contributed by atoms with Gasteiger partial charge in [-0.15, -0.1) is 0 Å². The zero-order valence-corrected chi connectivity index (χ0v) is 12.7. The fourth-order valence-corrected chi connectivity index (χ4v) is 0.144. The van der Waals surface area contributed by atoms with Crippen molar-refractivity contribution in [2.75, 3.05) is 0 Å². The predicted octanol–water partition coefficient (Wildman–Crippen LogP) is 5.06. The first kappa shape index (κ1) is 26.0. The molecule has 1 saturated carbocycles. The first-order valence-electron chi connectivity index (χ1n) is 6.33. The maximum atomic E-state index is 9.67. The Labute approximate surface area is 111 Å². The minimum absolute atomic E-state index is 0.318. The molecule has 0 atom stereocenters. The summed E-state index contributed by atoms with van der Waals surface area (Å²) in [7, 11) is -3.67. The van der Waals surface area contributed by atoms with E-state index >= 15 is 0 Å². The van der Waals surface area contributed by atoms with E-state index in [1.165, 1.54) is 19.3 Å². The normalized spacial score (nSPS) is 10.3. The van der Waals surface area contributed by atoms with Crippen molar-refractivity contribution in [1.29, 1.82) is 0 Å². The highest BCUT2D eigenvalue weighted by Gasteiger charge is 2.07. The summed E-state index contributed by atoms with van der Waals surface area (Å²) in [6.07, 6.45) is 4.50. The molecule has 1 fully saturated rings. The summed E-state index contributed by atoms with van der Waals surface area (Å²) in [4.78, 5) is 9.60. The Morgan fingerprint density at radius 2 is 1.17 bits per heavy atom. The van der Waals surface area contributed by atoms with Crippen molar-refractivity contribution >= 4 is 14.0 Å². The number of ether oxygens (including phenoxy) is 1. The van der Waals surface area contributed by atoms with Gasteiger partial charge in [0.15, 0.2) is 0 Å². The standard InChI is InChI=1S/C5H10O2.C3H6.2C2H6.BF3/c1-5(2,3)7-4-6;1-2-3-1;2*1-2;2-1(3)4/h4H,1-3H3;1-3H2;2*1-2H3;. The van der Waals surface area contributed by atoms with Crippen LogP contribution < -0.4 is 0 Å². The van der Waals surface area contributed by atoms with Crippen LogP contribution in [0.3, 0.4) is 0 Å². The van der Waals surface area contributed by atoms with Gasteiger partial charge in [-0.05, 0) is 20.8 Å². The molecular formula is C12H28BF3O2. The Morgan fingerprint density at radius 3 is 1.17 bits per heavy atom. The van der Waals surface area contributed by atoms with E-state index in [1.54, 1.807) is 0 Å². The molecule has 0 heterocycles. The summed E-state index contributed by atoms with van der Waals surface area (Å²) >= 11 is 0. The highest BCUT2D eigenvalue weighted by molar-refractivity contribution is 6.33. The average molecular weight is 272 g/mol. The molecule has 0 aliphatic heterocycles. The van der Waals surface area contributed by atoms with E-state index in [4.69, 9.17) is 0 Å². The maximum Gasteiger partial charge on any atom is 0.762 e. The fourth-order valence-electron chi connectivity index (χ4n) is 0.144. The van der Waals surface area contributed by atoms with Crippen molar-refractivity contribution in [1.82, 2.24) is 0 Å². The Morgan fingerprint density at radius 1 is 0.944 bits per heavy atom. The van der Waals surface area contributed by atoms with Gasteiger partial charge in [-0.3, -0.25) is 17.7 Å². The van der Waals surface area contributed by atoms with E-state index in [-0.39, 0.29) is 5.60 Å². The third kappa shape index (κ3) is 168. The lowest BCUT2D eigenvalue weighted by Crippen LogP contribution is -2.17. The Bertz CT molecular complexity index is 132. The number of carbonyl (C=O) groups excluding carboxylic acids is 1. The van der Waals surface area contributed by atoms with Crippen molar-refractivity contribution in [2.24, 2.45) is 0 Å². The number of halogens is 3. The summed E-state index contributed by atoms with van der Waals surface area (Å²) < 4.78 is 33.5. The third-order valence-electron chi connectivity index (χ3n) is 0.755. The molecule has 112 valence electrons. The van der Waals surface area contributed by atoms with E-state index in [1.807, 2.05) is 48.5 Å². The SMILES string of the molecule is C1CC1.CC.CC.CC(C)(C)OC=O.FB(F)F. The summed E-state index contributed by atoms with van der Waals surface area (Å²) in [6.45, 7) is 13.9. The second-order valence-corrected chi connectivity index (χ2v) is 3.63. The lowest BCUT2D eigenvalue weighted by Gasteiger charge is -2.14. The number of rotatable bonds is 1. The van der Waals surface area contributed by atoms with Crippen LogP contribution in [0.5, 0.6) is 0 Å². The Kier molecular flexibility index (Phi) is 31.2. The van der Waals surface area contributed by atoms with Gasteiger partial charge >= 0.3 is 7.54 Å². The van der Waals surface area contributed by atoms with Gasteiger partial charge in [-0.25, -0.2) is 0 Å². The molecule has 0 aromatic heterocycles. The molecule has 0 aromatic carbocycles. The van der Waals surface area contributed by atoms with E-state index in [9.17, 15) is 17.7 Å². The lowest BCUT2D eigenvalue weighted by molar-refractivity contribution is -0.138. The fraction of sp³-hybridized carbons (Fsp3) is 0.917. The first-order valence-corrected chi connectivity index (χ1v) is 6.33. The first-order chi connectivity index (χ1) is 8.29. The van der Waals surface area contributed by atoms with E-state index in [0.29, 0.717) is 6.47 Å². The van der Waals surface area contributed by atoms with Crippen LogP contribution in [-0.2, 0) is 9.53 Å². The second-order valence-electron chi connectivity index (χ2n) is 3.63. The average Bonchev–Trinajstić information content (AvgIpc) is 3.08. The summed E-state index contributed by atoms with van der Waals surface area (Å²) in [5, 5.41) is 0. The molecule has 1 aliphatic rings. The predicted molar refractivity (Wildman–Crippen MR) is 72.5 cm³/mol. The van der Waals surface area contributed by atoms with Gasteiger partial charge in [-0.2, -0.15) is 0 Å². The van der Waals surface area contributed by atoms with Crippen LogP contribution in [0.25, 0.3) is 0 Å². The van der Waals surface area contributed by atoms with Crippen LogP contribution in [0.2, 0.25) is 0 Å². The highest BCUT2D eigenvalue weighted by Crippen LogP contribution is 2.14. The quantitative estimate of drug-likeness (QED) is 0.492. The van der Waals surface area contributed by atoms with Crippen LogP contribution in [0.4, 0.5) is 12.9 Å². The summed E-state index contributed by atoms with van der Waals surface area (Å²) in [5.74, 6) is 0. The smallest absolute Gasteiger partial charge is 0.462 e. The zero-order chi connectivity index (χ0) is 15.6. The van der Waals surface area contributed by atoms with Gasteiger partial charge in [0.05, 0.1) is 0 Å². The summed E-state index contributed by atoms with van der Waals surface area (Å²) in [6, 6.07) is 0. The van der Waals surface area contributed by atoms with Gasteiger partial charge in [0, 0.05) is 0 Å². The van der Waals surface area contributed by atoms with Crippen molar-refractivity contribution in [3.63, 3.8) is 0 Å². The molecule has 1 aliphatic carbocycles. The molecular weight excluding hydrogens is 244 g/mol. The highest BCUT2D eigenvalue weighted by atomic mass is 19.4.